The van der Waals surface area contributed by atoms with E-state index in [0.717, 1.165) is 6.33 Å². The maximum absolute atomic E-state index is 11.9. The highest BCUT2D eigenvalue weighted by Gasteiger charge is 2.53. The molecule has 32 heavy (non-hydrogen) atoms. The molecule has 0 saturated carbocycles. The molecule has 0 radical (unpaired) electrons. The molecule has 1 saturated heterocycles. The molecule has 18 nitrogen and oxygen atoms in total. The van der Waals surface area contributed by atoms with Crippen LogP contribution in [0.15, 0.2) is 12.5 Å². The monoisotopic (exact) mass is 520 g/mol. The van der Waals surface area contributed by atoms with Crippen molar-refractivity contribution < 1.29 is 56.3 Å². The summed E-state index contributed by atoms with van der Waals surface area (Å²) in [6.07, 6.45) is -1.45. The Hall–Kier alpha value is -1.36. The number of aliphatic hydroxyl groups is 1. The standard InChI is InChI=1S/C11H19N6O12P3/c1-11(13)7(18)6(3-26-31(22,23)29-32(24,25)28-30(19,20)21)27-8(11)5-2-14-10-9(12)15-4-16-17(5)10/h2,4,6-8,18H,3,13H2,1H3,(H,22,23)(H,24,25)(H2,12,15,16)(H2,19,20,21)/t6-,7-,8-,11-/m1/s1. The van der Waals surface area contributed by atoms with Crippen molar-refractivity contribution in [3.05, 3.63) is 18.2 Å². The van der Waals surface area contributed by atoms with E-state index in [1.54, 1.807) is 0 Å². The van der Waals surface area contributed by atoms with Crippen LogP contribution in [0.3, 0.4) is 0 Å². The van der Waals surface area contributed by atoms with E-state index in [1.807, 2.05) is 0 Å². The molecule has 2 aromatic rings. The summed E-state index contributed by atoms with van der Waals surface area (Å²) >= 11 is 0. The summed E-state index contributed by atoms with van der Waals surface area (Å²) in [4.78, 5) is 43.7. The molecule has 0 spiro atoms. The number of ether oxygens (including phenoxy) is 1. The lowest BCUT2D eigenvalue weighted by Gasteiger charge is -2.27. The second kappa shape index (κ2) is 8.45. The number of hydrogen-bond donors (Lipinski definition) is 7. The zero-order chi connectivity index (χ0) is 24.1. The van der Waals surface area contributed by atoms with Gasteiger partial charge in [0.2, 0.25) is 0 Å². The lowest BCUT2D eigenvalue weighted by Crippen LogP contribution is -2.51. The van der Waals surface area contributed by atoms with Crippen LogP contribution in [-0.4, -0.2) is 68.6 Å². The van der Waals surface area contributed by atoms with E-state index in [4.69, 9.17) is 26.0 Å². The van der Waals surface area contributed by atoms with Gasteiger partial charge < -0.3 is 40.9 Å². The number of anilines is 1. The molecular formula is C11H19N6O12P3. The van der Waals surface area contributed by atoms with Gasteiger partial charge in [-0.25, -0.2) is 28.2 Å². The number of aliphatic hydroxyl groups excluding tert-OH is 1. The SMILES string of the molecule is C[C@]1(N)[C@@H](c2cnc3c(N)ncnn23)O[C@H](COP(=O)(O)OP(=O)(O)OP(=O)(O)O)[C@H]1O. The number of phosphoric acid groups is 3. The van der Waals surface area contributed by atoms with E-state index in [0.29, 0.717) is 0 Å². The normalized spacial score (nSPS) is 30.3. The molecule has 2 unspecified atom stereocenters. The number of nitrogen functional groups attached to an aromatic ring is 1. The van der Waals surface area contributed by atoms with E-state index in [9.17, 15) is 28.6 Å². The van der Waals surface area contributed by atoms with Crippen LogP contribution in [0.2, 0.25) is 0 Å². The van der Waals surface area contributed by atoms with Gasteiger partial charge in [-0.15, -0.1) is 0 Å². The van der Waals surface area contributed by atoms with Gasteiger partial charge in [0.1, 0.15) is 24.6 Å². The van der Waals surface area contributed by atoms with Gasteiger partial charge in [0.25, 0.3) is 0 Å². The zero-order valence-electron chi connectivity index (χ0n) is 16.0. The van der Waals surface area contributed by atoms with Crippen molar-refractivity contribution >= 4 is 34.9 Å². The molecule has 3 heterocycles. The van der Waals surface area contributed by atoms with Gasteiger partial charge in [0.05, 0.1) is 24.0 Å². The maximum Gasteiger partial charge on any atom is 0.490 e. The fraction of sp³-hybridized carbons (Fsp3) is 0.545. The first kappa shape index (κ1) is 25.3. The second-order valence-electron chi connectivity index (χ2n) is 6.82. The topological polar surface area (TPSA) is 284 Å². The lowest BCUT2D eigenvalue weighted by atomic mass is 9.88. The minimum Gasteiger partial charge on any atom is -0.388 e. The highest BCUT2D eigenvalue weighted by molar-refractivity contribution is 7.66. The summed E-state index contributed by atoms with van der Waals surface area (Å²) in [6.45, 7) is 0.527. The molecule has 1 aliphatic rings. The molecule has 180 valence electrons. The third-order valence-electron chi connectivity index (χ3n) is 4.31. The number of nitrogens with zero attached hydrogens (tertiary/aromatic N) is 4. The van der Waals surface area contributed by atoms with Gasteiger partial charge in [0, 0.05) is 0 Å². The molecule has 6 atom stereocenters. The number of nitrogens with two attached hydrogens (primary N) is 2. The highest BCUT2D eigenvalue weighted by atomic mass is 31.3. The molecule has 3 rings (SSSR count). The Balaban J connectivity index is 1.74. The Kier molecular flexibility index (Phi) is 6.67. The first-order valence-corrected chi connectivity index (χ1v) is 12.9. The zero-order valence-corrected chi connectivity index (χ0v) is 18.7. The molecule has 1 fully saturated rings. The minimum atomic E-state index is -5.69. The highest BCUT2D eigenvalue weighted by Crippen LogP contribution is 2.66. The third-order valence-corrected chi connectivity index (χ3v) is 8.11. The average Bonchev–Trinajstić information content (AvgIpc) is 3.11. The molecule has 0 bridgehead atoms. The summed E-state index contributed by atoms with van der Waals surface area (Å²) in [5, 5.41) is 14.5. The number of hydrogen-bond acceptors (Lipinski definition) is 13. The van der Waals surface area contributed by atoms with Crippen LogP contribution in [-0.2, 0) is 31.6 Å². The lowest BCUT2D eigenvalue weighted by molar-refractivity contribution is -0.0235. The number of phosphoric ester groups is 1. The van der Waals surface area contributed by atoms with Crippen LogP contribution >= 0.6 is 23.5 Å². The first-order valence-electron chi connectivity index (χ1n) is 8.37. The molecule has 9 N–H and O–H groups in total. The van der Waals surface area contributed by atoms with Crippen molar-refractivity contribution in [3.8, 4) is 0 Å². The van der Waals surface area contributed by atoms with Crippen molar-refractivity contribution in [1.82, 2.24) is 19.6 Å². The largest absolute Gasteiger partial charge is 0.490 e. The van der Waals surface area contributed by atoms with Gasteiger partial charge in [-0.1, -0.05) is 0 Å². The number of aromatic nitrogens is 4. The fourth-order valence-electron chi connectivity index (χ4n) is 2.97. The molecular weight excluding hydrogens is 501 g/mol. The Morgan fingerprint density at radius 3 is 2.47 bits per heavy atom. The Bertz CT molecular complexity index is 1150. The van der Waals surface area contributed by atoms with E-state index in [1.165, 1.54) is 17.6 Å². The number of rotatable bonds is 8. The third kappa shape index (κ3) is 5.40. The van der Waals surface area contributed by atoms with Crippen LogP contribution in [0, 0.1) is 0 Å². The molecule has 0 aliphatic carbocycles. The van der Waals surface area contributed by atoms with Crippen molar-refractivity contribution in [2.75, 3.05) is 12.3 Å². The van der Waals surface area contributed by atoms with Gasteiger partial charge in [-0.05, 0) is 6.92 Å². The van der Waals surface area contributed by atoms with Gasteiger partial charge in [-0.2, -0.15) is 13.7 Å². The molecule has 0 aromatic carbocycles. The average molecular weight is 520 g/mol. The second-order valence-corrected chi connectivity index (χ2v) is 11.2. The van der Waals surface area contributed by atoms with Gasteiger partial charge >= 0.3 is 23.5 Å². The number of fused-ring (bicyclic) bond motifs is 1. The first-order chi connectivity index (χ1) is 14.5. The van der Waals surface area contributed by atoms with Crippen LogP contribution < -0.4 is 11.5 Å². The summed E-state index contributed by atoms with van der Waals surface area (Å²) in [6, 6.07) is 0. The predicted molar refractivity (Wildman–Crippen MR) is 101 cm³/mol. The smallest absolute Gasteiger partial charge is 0.388 e. The van der Waals surface area contributed by atoms with E-state index in [-0.39, 0.29) is 17.2 Å². The minimum absolute atomic E-state index is 0.0627. The number of imidazole rings is 1. The van der Waals surface area contributed by atoms with Crippen LogP contribution in [0.1, 0.15) is 18.7 Å². The van der Waals surface area contributed by atoms with Crippen molar-refractivity contribution in [3.63, 3.8) is 0 Å². The van der Waals surface area contributed by atoms with Crippen LogP contribution in [0.5, 0.6) is 0 Å². The molecule has 21 heteroatoms. The summed E-state index contributed by atoms with van der Waals surface area (Å²) < 4.78 is 52.6. The molecule has 0 amide bonds. The summed E-state index contributed by atoms with van der Waals surface area (Å²) in [5.74, 6) is 0.0627. The van der Waals surface area contributed by atoms with Crippen molar-refractivity contribution in [1.29, 1.82) is 0 Å². The molecule has 1 aliphatic heterocycles. The van der Waals surface area contributed by atoms with Crippen LogP contribution in [0.4, 0.5) is 5.82 Å². The van der Waals surface area contributed by atoms with Crippen molar-refractivity contribution in [2.24, 2.45) is 5.73 Å². The maximum atomic E-state index is 11.9. The Morgan fingerprint density at radius 1 is 1.19 bits per heavy atom. The summed E-state index contributed by atoms with van der Waals surface area (Å²) in [5.41, 5.74) is 10.9. The van der Waals surface area contributed by atoms with E-state index < -0.39 is 53.9 Å². The van der Waals surface area contributed by atoms with Gasteiger partial charge in [-0.3, -0.25) is 4.52 Å². The van der Waals surface area contributed by atoms with E-state index >= 15 is 0 Å². The fourth-order valence-corrected chi connectivity index (χ4v) is 6.00. The Labute approximate surface area is 178 Å². The van der Waals surface area contributed by atoms with E-state index in [2.05, 4.69) is 28.2 Å². The summed E-state index contributed by atoms with van der Waals surface area (Å²) in [7, 11) is -16.6. The predicted octanol–water partition coefficient (Wildman–Crippen LogP) is -1.43. The Morgan fingerprint density at radius 2 is 1.84 bits per heavy atom. The quantitative estimate of drug-likeness (QED) is 0.196. The van der Waals surface area contributed by atoms with Crippen LogP contribution in [0.25, 0.3) is 5.65 Å². The molecule has 2 aromatic heterocycles. The van der Waals surface area contributed by atoms with Crippen molar-refractivity contribution in [2.45, 2.75) is 30.8 Å². The van der Waals surface area contributed by atoms with Gasteiger partial charge in [0.15, 0.2) is 11.5 Å².